The molecule has 0 bridgehead atoms. The lowest BCUT2D eigenvalue weighted by molar-refractivity contribution is 0.426. The fourth-order valence-corrected chi connectivity index (χ4v) is 2.98. The predicted octanol–water partition coefficient (Wildman–Crippen LogP) is 1.12. The summed E-state index contributed by atoms with van der Waals surface area (Å²) in [6, 6.07) is 8.24. The summed E-state index contributed by atoms with van der Waals surface area (Å²) < 4.78 is 1.11. The molecule has 0 atom stereocenters. The summed E-state index contributed by atoms with van der Waals surface area (Å²) in [4.78, 5) is 1.32. The van der Waals surface area contributed by atoms with Gasteiger partial charge in [0.25, 0.3) is 0 Å². The molecule has 2 aromatic rings. The molecule has 3 N–H and O–H groups in total. The minimum atomic E-state index is -1.39. The van der Waals surface area contributed by atoms with E-state index in [2.05, 4.69) is 25.2 Å². The van der Waals surface area contributed by atoms with Crippen LogP contribution in [0.2, 0.25) is 0 Å². The first-order valence-electron chi connectivity index (χ1n) is 6.18. The van der Waals surface area contributed by atoms with Crippen LogP contribution in [0, 0.1) is 0 Å². The first-order chi connectivity index (χ1) is 8.56. The van der Waals surface area contributed by atoms with Gasteiger partial charge in [-0.2, -0.15) is 0 Å². The topological polar surface area (TPSA) is 52.5 Å². The predicted molar refractivity (Wildman–Crippen MR) is 78.5 cm³/mol. The number of hydrogen-bond donors (Lipinski definition) is 3. The van der Waals surface area contributed by atoms with Gasteiger partial charge in [0.1, 0.15) is 0 Å². The zero-order valence-corrected chi connectivity index (χ0v) is 11.5. The molecule has 96 valence electrons. The van der Waals surface area contributed by atoms with E-state index in [9.17, 15) is 0 Å². The Balaban J connectivity index is 2.12. The quantitative estimate of drug-likeness (QED) is 0.709. The van der Waals surface area contributed by atoms with Gasteiger partial charge < -0.3 is 15.4 Å². The van der Waals surface area contributed by atoms with Crippen molar-refractivity contribution in [2.75, 3.05) is 6.54 Å². The third-order valence-corrected chi connectivity index (χ3v) is 3.97. The second kappa shape index (κ2) is 5.84. The van der Waals surface area contributed by atoms with Gasteiger partial charge in [-0.1, -0.05) is 26.0 Å². The Morgan fingerprint density at radius 2 is 2.06 bits per heavy atom. The highest BCUT2D eigenvalue weighted by molar-refractivity contribution is 7.19. The third kappa shape index (κ3) is 3.33. The lowest BCUT2D eigenvalue weighted by atomic mass is 9.80. The Morgan fingerprint density at radius 3 is 2.72 bits per heavy atom. The zero-order chi connectivity index (χ0) is 13.1. The van der Waals surface area contributed by atoms with Crippen molar-refractivity contribution in [1.82, 2.24) is 5.32 Å². The molecule has 0 amide bonds. The molecule has 0 saturated heterocycles. The van der Waals surface area contributed by atoms with E-state index in [0.29, 0.717) is 11.5 Å². The van der Waals surface area contributed by atoms with Crippen molar-refractivity contribution < 1.29 is 10.0 Å². The molecule has 0 aliphatic rings. The Labute approximate surface area is 112 Å². The van der Waals surface area contributed by atoms with Crippen molar-refractivity contribution in [1.29, 1.82) is 0 Å². The molecule has 0 fully saturated rings. The summed E-state index contributed by atoms with van der Waals surface area (Å²) in [5, 5.41) is 22.9. The van der Waals surface area contributed by atoms with Gasteiger partial charge in [-0.25, -0.2) is 0 Å². The Hall–Kier alpha value is -0.875. The van der Waals surface area contributed by atoms with Gasteiger partial charge in [-0.05, 0) is 29.4 Å². The maximum atomic E-state index is 9.14. The largest absolute Gasteiger partial charge is 0.488 e. The van der Waals surface area contributed by atoms with Gasteiger partial charge in [0.2, 0.25) is 0 Å². The average Bonchev–Trinajstić information content (AvgIpc) is 2.69. The van der Waals surface area contributed by atoms with Crippen molar-refractivity contribution in [2.45, 2.75) is 26.3 Å². The summed E-state index contributed by atoms with van der Waals surface area (Å²) in [6.07, 6.45) is 1.01. The molecule has 0 saturated carbocycles. The molecule has 1 aromatic heterocycles. The molecular formula is C13H18BNO2S. The van der Waals surface area contributed by atoms with Crippen LogP contribution in [0.5, 0.6) is 0 Å². The second-order valence-corrected chi connectivity index (χ2v) is 5.91. The van der Waals surface area contributed by atoms with Crippen molar-refractivity contribution in [2.24, 2.45) is 0 Å². The van der Waals surface area contributed by atoms with Gasteiger partial charge in [0, 0.05) is 22.2 Å². The molecule has 2 rings (SSSR count). The zero-order valence-electron chi connectivity index (χ0n) is 10.7. The van der Waals surface area contributed by atoms with Crippen LogP contribution in [0.1, 0.15) is 18.7 Å². The molecule has 1 heterocycles. The lowest BCUT2D eigenvalue weighted by Crippen LogP contribution is -2.29. The van der Waals surface area contributed by atoms with Crippen LogP contribution in [0.15, 0.2) is 24.3 Å². The second-order valence-electron chi connectivity index (χ2n) is 4.74. The van der Waals surface area contributed by atoms with Gasteiger partial charge in [0.05, 0.1) is 0 Å². The van der Waals surface area contributed by atoms with Crippen molar-refractivity contribution in [3.8, 4) is 0 Å². The number of nitrogens with one attached hydrogen (secondary N) is 1. The SMILES string of the molecule is CC(C)NCCc1cc2ccc(B(O)O)cc2s1. The molecule has 0 aliphatic heterocycles. The highest BCUT2D eigenvalue weighted by Crippen LogP contribution is 2.24. The van der Waals surface area contributed by atoms with E-state index >= 15 is 0 Å². The molecule has 0 spiro atoms. The number of benzene rings is 1. The van der Waals surface area contributed by atoms with E-state index in [-0.39, 0.29) is 0 Å². The average molecular weight is 263 g/mol. The molecule has 1 aromatic carbocycles. The maximum absolute atomic E-state index is 9.14. The van der Waals surface area contributed by atoms with Crippen LogP contribution in [0.4, 0.5) is 0 Å². The monoisotopic (exact) mass is 263 g/mol. The number of rotatable bonds is 5. The first-order valence-corrected chi connectivity index (χ1v) is 7.00. The molecule has 18 heavy (non-hydrogen) atoms. The fraction of sp³-hybridized carbons (Fsp3) is 0.385. The van der Waals surface area contributed by atoms with Gasteiger partial charge >= 0.3 is 7.12 Å². The number of fused-ring (bicyclic) bond motifs is 1. The van der Waals surface area contributed by atoms with E-state index in [1.807, 2.05) is 12.1 Å². The molecule has 0 radical (unpaired) electrons. The van der Waals surface area contributed by atoms with Crippen LogP contribution >= 0.6 is 11.3 Å². The fourth-order valence-electron chi connectivity index (χ4n) is 1.87. The van der Waals surface area contributed by atoms with E-state index in [1.165, 1.54) is 10.3 Å². The summed E-state index contributed by atoms with van der Waals surface area (Å²) in [5.41, 5.74) is 0.552. The molecular weight excluding hydrogens is 245 g/mol. The van der Waals surface area contributed by atoms with Crippen molar-refractivity contribution >= 4 is 34.0 Å². The van der Waals surface area contributed by atoms with Crippen LogP contribution in [-0.4, -0.2) is 29.8 Å². The number of thiophene rings is 1. The summed E-state index contributed by atoms with van der Waals surface area (Å²) in [5.74, 6) is 0. The molecule has 3 nitrogen and oxygen atoms in total. The third-order valence-electron chi connectivity index (χ3n) is 2.82. The normalized spacial score (nSPS) is 11.4. The van der Waals surface area contributed by atoms with Crippen molar-refractivity contribution in [3.05, 3.63) is 29.1 Å². The minimum Gasteiger partial charge on any atom is -0.423 e. The van der Waals surface area contributed by atoms with Crippen LogP contribution < -0.4 is 10.8 Å². The van der Waals surface area contributed by atoms with Crippen LogP contribution in [0.3, 0.4) is 0 Å². The van der Waals surface area contributed by atoms with E-state index in [0.717, 1.165) is 17.7 Å². The standard InChI is InChI=1S/C13H18BNO2S/c1-9(2)15-6-5-12-7-10-3-4-11(14(16)17)8-13(10)18-12/h3-4,7-9,15-17H,5-6H2,1-2H3. The maximum Gasteiger partial charge on any atom is 0.488 e. The van der Waals surface area contributed by atoms with Crippen molar-refractivity contribution in [3.63, 3.8) is 0 Å². The van der Waals surface area contributed by atoms with E-state index in [1.54, 1.807) is 17.4 Å². The summed E-state index contributed by atoms with van der Waals surface area (Å²) in [7, 11) is -1.39. The smallest absolute Gasteiger partial charge is 0.423 e. The molecule has 0 aliphatic carbocycles. The highest BCUT2D eigenvalue weighted by Gasteiger charge is 2.12. The Bertz CT molecular complexity index is 525. The minimum absolute atomic E-state index is 0.510. The van der Waals surface area contributed by atoms with E-state index in [4.69, 9.17) is 10.0 Å². The Morgan fingerprint density at radius 1 is 1.28 bits per heavy atom. The molecule has 5 heteroatoms. The van der Waals surface area contributed by atoms with E-state index < -0.39 is 7.12 Å². The van der Waals surface area contributed by atoms with Gasteiger partial charge in [-0.15, -0.1) is 11.3 Å². The van der Waals surface area contributed by atoms with Crippen LogP contribution in [0.25, 0.3) is 10.1 Å². The number of hydrogen-bond acceptors (Lipinski definition) is 4. The van der Waals surface area contributed by atoms with Gasteiger partial charge in [-0.3, -0.25) is 0 Å². The lowest BCUT2D eigenvalue weighted by Gasteiger charge is -2.05. The molecule has 0 unspecified atom stereocenters. The summed E-state index contributed by atoms with van der Waals surface area (Å²) >= 11 is 1.72. The van der Waals surface area contributed by atoms with Crippen LogP contribution in [-0.2, 0) is 6.42 Å². The van der Waals surface area contributed by atoms with Gasteiger partial charge in [0.15, 0.2) is 0 Å². The Kier molecular flexibility index (Phi) is 4.40. The summed E-state index contributed by atoms with van der Waals surface area (Å²) in [6.45, 7) is 5.25. The highest BCUT2D eigenvalue weighted by atomic mass is 32.1. The first kappa shape index (κ1) is 13.6.